The van der Waals surface area contributed by atoms with Crippen LogP contribution in [-0.2, 0) is 0 Å². The second-order valence-electron chi connectivity index (χ2n) is 8.24. The third-order valence-electron chi connectivity index (χ3n) is 4.89. The van der Waals surface area contributed by atoms with Gasteiger partial charge in [0, 0.05) is 37.3 Å². The summed E-state index contributed by atoms with van der Waals surface area (Å²) in [6.45, 7) is 12.8. The van der Waals surface area contributed by atoms with Crippen LogP contribution < -0.4 is 5.32 Å². The molecule has 0 saturated carbocycles. The molecular weight excluding hydrogens is 326 g/mol. The molecule has 0 radical (unpaired) electrons. The largest absolute Gasteiger partial charge is 0.337 e. The SMILES string of the molecule is CCC(C)c1ccc(C(=O)N2CCCN(C(=O)NC(C)(C)C)CC2)cc1. The van der Waals surface area contributed by atoms with Crippen LogP contribution in [0.5, 0.6) is 0 Å². The molecule has 1 aromatic rings. The third-order valence-corrected chi connectivity index (χ3v) is 4.89. The topological polar surface area (TPSA) is 52.7 Å². The molecule has 1 saturated heterocycles. The van der Waals surface area contributed by atoms with Gasteiger partial charge in [0.25, 0.3) is 5.91 Å². The maximum absolute atomic E-state index is 12.8. The van der Waals surface area contributed by atoms with Crippen LogP contribution in [0.2, 0.25) is 0 Å². The number of carbonyl (C=O) groups excluding carboxylic acids is 2. The Morgan fingerprint density at radius 2 is 1.62 bits per heavy atom. The summed E-state index contributed by atoms with van der Waals surface area (Å²) in [7, 11) is 0. The van der Waals surface area contributed by atoms with Gasteiger partial charge in [-0.05, 0) is 57.2 Å². The first-order chi connectivity index (χ1) is 12.2. The van der Waals surface area contributed by atoms with E-state index in [4.69, 9.17) is 0 Å². The fraction of sp³-hybridized carbons (Fsp3) is 0.619. The molecule has 0 bridgehead atoms. The van der Waals surface area contributed by atoms with Crippen LogP contribution >= 0.6 is 0 Å². The van der Waals surface area contributed by atoms with E-state index in [9.17, 15) is 9.59 Å². The van der Waals surface area contributed by atoms with Crippen molar-refractivity contribution < 1.29 is 9.59 Å². The molecule has 1 fully saturated rings. The minimum absolute atomic E-state index is 0.0512. The third kappa shape index (κ3) is 5.48. The van der Waals surface area contributed by atoms with Gasteiger partial charge >= 0.3 is 6.03 Å². The second kappa shape index (κ2) is 8.56. The van der Waals surface area contributed by atoms with Crippen LogP contribution in [0.4, 0.5) is 4.79 Å². The van der Waals surface area contributed by atoms with Crippen molar-refractivity contribution in [3.05, 3.63) is 35.4 Å². The van der Waals surface area contributed by atoms with Gasteiger partial charge in [-0.1, -0.05) is 26.0 Å². The summed E-state index contributed by atoms with van der Waals surface area (Å²) in [4.78, 5) is 28.8. The zero-order valence-corrected chi connectivity index (χ0v) is 16.8. The molecule has 2 rings (SSSR count). The number of hydrogen-bond donors (Lipinski definition) is 1. The van der Waals surface area contributed by atoms with Crippen LogP contribution in [-0.4, -0.2) is 53.5 Å². The van der Waals surface area contributed by atoms with E-state index in [1.165, 1.54) is 5.56 Å². The highest BCUT2D eigenvalue weighted by Crippen LogP contribution is 2.19. The molecule has 144 valence electrons. The zero-order valence-electron chi connectivity index (χ0n) is 16.8. The van der Waals surface area contributed by atoms with Crippen LogP contribution in [0.3, 0.4) is 0 Å². The quantitative estimate of drug-likeness (QED) is 0.891. The second-order valence-corrected chi connectivity index (χ2v) is 8.24. The predicted octanol–water partition coefficient (Wildman–Crippen LogP) is 3.86. The Morgan fingerprint density at radius 1 is 1.04 bits per heavy atom. The highest BCUT2D eigenvalue weighted by atomic mass is 16.2. The minimum atomic E-state index is -0.254. The van der Waals surface area contributed by atoms with E-state index < -0.39 is 0 Å². The number of carbonyl (C=O) groups is 2. The highest BCUT2D eigenvalue weighted by molar-refractivity contribution is 5.94. The molecule has 0 aromatic heterocycles. The molecule has 0 aliphatic carbocycles. The number of rotatable bonds is 3. The van der Waals surface area contributed by atoms with Crippen molar-refractivity contribution in [2.24, 2.45) is 0 Å². The zero-order chi connectivity index (χ0) is 19.3. The molecule has 1 aliphatic heterocycles. The standard InChI is InChI=1S/C21H33N3O2/c1-6-16(2)17-8-10-18(11-9-17)19(25)23-12-7-13-24(15-14-23)20(26)22-21(3,4)5/h8-11,16H,6-7,12-15H2,1-5H3,(H,22,26). The van der Waals surface area contributed by atoms with Crippen LogP contribution in [0.15, 0.2) is 24.3 Å². The van der Waals surface area contributed by atoms with Crippen molar-refractivity contribution in [1.82, 2.24) is 15.1 Å². The Hall–Kier alpha value is -2.04. The van der Waals surface area contributed by atoms with E-state index in [1.807, 2.05) is 42.7 Å². The Morgan fingerprint density at radius 3 is 2.19 bits per heavy atom. The molecule has 26 heavy (non-hydrogen) atoms. The average molecular weight is 360 g/mol. The van der Waals surface area contributed by atoms with Crippen LogP contribution in [0.25, 0.3) is 0 Å². The summed E-state index contributed by atoms with van der Waals surface area (Å²) in [5.74, 6) is 0.561. The fourth-order valence-corrected chi connectivity index (χ4v) is 3.10. The lowest BCUT2D eigenvalue weighted by Crippen LogP contribution is -2.49. The van der Waals surface area contributed by atoms with E-state index in [2.05, 4.69) is 31.3 Å². The van der Waals surface area contributed by atoms with Crippen molar-refractivity contribution in [3.8, 4) is 0 Å². The lowest BCUT2D eigenvalue weighted by atomic mass is 9.97. The van der Waals surface area contributed by atoms with Gasteiger partial charge in [-0.25, -0.2) is 4.79 Å². The van der Waals surface area contributed by atoms with Gasteiger partial charge in [0.15, 0.2) is 0 Å². The first-order valence-corrected chi connectivity index (χ1v) is 9.67. The van der Waals surface area contributed by atoms with Crippen molar-refractivity contribution in [2.45, 2.75) is 58.9 Å². The lowest BCUT2D eigenvalue weighted by Gasteiger charge is -2.27. The van der Waals surface area contributed by atoms with E-state index in [0.29, 0.717) is 32.1 Å². The molecule has 1 unspecified atom stereocenters. The normalized spacial score (nSPS) is 16.8. The summed E-state index contributed by atoms with van der Waals surface area (Å²) < 4.78 is 0. The molecule has 0 spiro atoms. The Balaban J connectivity index is 1.97. The fourth-order valence-electron chi connectivity index (χ4n) is 3.10. The molecule has 5 nitrogen and oxygen atoms in total. The summed E-state index contributed by atoms with van der Waals surface area (Å²) in [6, 6.07) is 7.92. The first kappa shape index (κ1) is 20.3. The Labute approximate surface area is 157 Å². The van der Waals surface area contributed by atoms with Gasteiger partial charge in [-0.2, -0.15) is 0 Å². The first-order valence-electron chi connectivity index (χ1n) is 9.67. The van der Waals surface area contributed by atoms with Gasteiger partial charge in [0.2, 0.25) is 0 Å². The molecule has 1 aliphatic rings. The monoisotopic (exact) mass is 359 g/mol. The minimum Gasteiger partial charge on any atom is -0.337 e. The molecule has 1 atom stereocenters. The maximum atomic E-state index is 12.8. The van der Waals surface area contributed by atoms with E-state index in [0.717, 1.165) is 18.4 Å². The number of amides is 3. The molecule has 1 heterocycles. The molecule has 1 N–H and O–H groups in total. The molecule has 1 aromatic carbocycles. The van der Waals surface area contributed by atoms with E-state index in [1.54, 1.807) is 0 Å². The van der Waals surface area contributed by atoms with E-state index in [-0.39, 0.29) is 17.5 Å². The van der Waals surface area contributed by atoms with Crippen LogP contribution in [0, 0.1) is 0 Å². The average Bonchev–Trinajstić information content (AvgIpc) is 2.85. The van der Waals surface area contributed by atoms with E-state index >= 15 is 0 Å². The number of nitrogens with one attached hydrogen (secondary N) is 1. The molecular formula is C21H33N3O2. The Bertz CT molecular complexity index is 619. The summed E-state index contributed by atoms with van der Waals surface area (Å²) in [5.41, 5.74) is 1.74. The summed E-state index contributed by atoms with van der Waals surface area (Å²) >= 11 is 0. The van der Waals surface area contributed by atoms with Gasteiger partial charge in [-0.15, -0.1) is 0 Å². The maximum Gasteiger partial charge on any atom is 0.317 e. The van der Waals surface area contributed by atoms with Crippen molar-refractivity contribution in [1.29, 1.82) is 0 Å². The lowest BCUT2D eigenvalue weighted by molar-refractivity contribution is 0.0762. The van der Waals surface area contributed by atoms with Gasteiger partial charge < -0.3 is 15.1 Å². The van der Waals surface area contributed by atoms with Crippen molar-refractivity contribution >= 4 is 11.9 Å². The number of nitrogens with zero attached hydrogens (tertiary/aromatic N) is 2. The summed E-state index contributed by atoms with van der Waals surface area (Å²) in [5, 5.41) is 3.00. The van der Waals surface area contributed by atoms with Gasteiger partial charge in [-0.3, -0.25) is 4.79 Å². The summed E-state index contributed by atoms with van der Waals surface area (Å²) in [6.07, 6.45) is 1.89. The molecule has 3 amide bonds. The van der Waals surface area contributed by atoms with Crippen LogP contribution in [0.1, 0.15) is 69.3 Å². The molecule has 5 heteroatoms. The number of hydrogen-bond acceptors (Lipinski definition) is 2. The van der Waals surface area contributed by atoms with Gasteiger partial charge in [0.05, 0.1) is 0 Å². The van der Waals surface area contributed by atoms with Crippen molar-refractivity contribution in [2.75, 3.05) is 26.2 Å². The highest BCUT2D eigenvalue weighted by Gasteiger charge is 2.24. The number of urea groups is 1. The smallest absolute Gasteiger partial charge is 0.317 e. The van der Waals surface area contributed by atoms with Gasteiger partial charge in [0.1, 0.15) is 0 Å². The predicted molar refractivity (Wildman–Crippen MR) is 106 cm³/mol. The number of benzene rings is 1. The van der Waals surface area contributed by atoms with Crippen molar-refractivity contribution in [3.63, 3.8) is 0 Å². The Kier molecular flexibility index (Phi) is 6.68.